The summed E-state index contributed by atoms with van der Waals surface area (Å²) < 4.78 is 5.22. The summed E-state index contributed by atoms with van der Waals surface area (Å²) in [4.78, 5) is 21.8. The number of aromatic amines is 1. The molecule has 0 aromatic carbocycles. The SMILES string of the molecule is Cc1nc(CCNc2nc[nH]c(=O)c2Br)no1. The van der Waals surface area contributed by atoms with Crippen LogP contribution < -0.4 is 10.9 Å². The van der Waals surface area contributed by atoms with Crippen LogP contribution in [0.15, 0.2) is 20.1 Å². The van der Waals surface area contributed by atoms with Crippen LogP contribution in [0.25, 0.3) is 0 Å². The summed E-state index contributed by atoms with van der Waals surface area (Å²) in [7, 11) is 0. The molecule has 0 radical (unpaired) electrons. The zero-order valence-corrected chi connectivity index (χ0v) is 10.6. The van der Waals surface area contributed by atoms with E-state index in [4.69, 9.17) is 4.52 Å². The fourth-order valence-corrected chi connectivity index (χ4v) is 1.60. The zero-order chi connectivity index (χ0) is 12.3. The molecule has 0 saturated heterocycles. The summed E-state index contributed by atoms with van der Waals surface area (Å²) >= 11 is 3.15. The van der Waals surface area contributed by atoms with Gasteiger partial charge in [0, 0.05) is 19.9 Å². The molecule has 2 aromatic rings. The maximum absolute atomic E-state index is 11.3. The molecule has 0 aliphatic carbocycles. The second-order valence-electron chi connectivity index (χ2n) is 3.30. The molecule has 0 spiro atoms. The third-order valence-electron chi connectivity index (χ3n) is 2.01. The molecule has 90 valence electrons. The maximum Gasteiger partial charge on any atom is 0.267 e. The summed E-state index contributed by atoms with van der Waals surface area (Å²) in [6.07, 6.45) is 1.94. The van der Waals surface area contributed by atoms with Gasteiger partial charge in [0.2, 0.25) is 5.89 Å². The summed E-state index contributed by atoms with van der Waals surface area (Å²) in [5.41, 5.74) is -0.224. The minimum Gasteiger partial charge on any atom is -0.368 e. The van der Waals surface area contributed by atoms with Crippen molar-refractivity contribution in [3.05, 3.63) is 32.9 Å². The number of halogens is 1. The number of nitrogens with one attached hydrogen (secondary N) is 2. The highest BCUT2D eigenvalue weighted by Gasteiger charge is 2.06. The maximum atomic E-state index is 11.3. The van der Waals surface area contributed by atoms with Crippen LogP contribution in [0.4, 0.5) is 5.82 Å². The number of aryl methyl sites for hydroxylation is 1. The second kappa shape index (κ2) is 5.09. The highest BCUT2D eigenvalue weighted by atomic mass is 79.9. The van der Waals surface area contributed by atoms with Gasteiger partial charge in [0.05, 0.1) is 6.33 Å². The Kier molecular flexibility index (Phi) is 3.52. The van der Waals surface area contributed by atoms with E-state index in [1.54, 1.807) is 6.92 Å². The quantitative estimate of drug-likeness (QED) is 0.870. The minimum absolute atomic E-state index is 0.224. The van der Waals surface area contributed by atoms with E-state index in [0.717, 1.165) is 0 Å². The van der Waals surface area contributed by atoms with Crippen molar-refractivity contribution in [2.45, 2.75) is 13.3 Å². The van der Waals surface area contributed by atoms with Gasteiger partial charge in [-0.05, 0) is 15.9 Å². The lowest BCUT2D eigenvalue weighted by atomic mass is 10.4. The van der Waals surface area contributed by atoms with Crippen molar-refractivity contribution >= 4 is 21.7 Å². The number of aromatic nitrogens is 4. The van der Waals surface area contributed by atoms with E-state index >= 15 is 0 Å². The molecule has 7 nitrogen and oxygen atoms in total. The van der Waals surface area contributed by atoms with Crippen molar-refractivity contribution in [3.8, 4) is 0 Å². The Morgan fingerprint density at radius 3 is 3.12 bits per heavy atom. The highest BCUT2D eigenvalue weighted by molar-refractivity contribution is 9.10. The molecular formula is C9H10BrN5O2. The predicted molar refractivity (Wildman–Crippen MR) is 63.8 cm³/mol. The number of anilines is 1. The summed E-state index contributed by atoms with van der Waals surface area (Å²) in [5, 5.41) is 6.77. The average Bonchev–Trinajstić information content (AvgIpc) is 2.70. The third-order valence-corrected chi connectivity index (χ3v) is 2.74. The fraction of sp³-hybridized carbons (Fsp3) is 0.333. The van der Waals surface area contributed by atoms with Crippen LogP contribution in [-0.2, 0) is 6.42 Å². The molecule has 0 fully saturated rings. The van der Waals surface area contributed by atoms with E-state index in [-0.39, 0.29) is 5.56 Å². The van der Waals surface area contributed by atoms with Gasteiger partial charge in [0.15, 0.2) is 5.82 Å². The van der Waals surface area contributed by atoms with E-state index in [1.165, 1.54) is 6.33 Å². The first-order valence-corrected chi connectivity index (χ1v) is 5.72. The standard InChI is InChI=1S/C9H10BrN5O2/c1-5-14-6(15-17-5)2-3-11-8-7(10)9(16)13-4-12-8/h4H,2-3H2,1H3,(H2,11,12,13,16). The molecule has 2 rings (SSSR count). The van der Waals surface area contributed by atoms with Crippen molar-refractivity contribution in [2.24, 2.45) is 0 Å². The van der Waals surface area contributed by atoms with Crippen LogP contribution in [0.3, 0.4) is 0 Å². The van der Waals surface area contributed by atoms with Gasteiger partial charge in [-0.1, -0.05) is 5.16 Å². The van der Waals surface area contributed by atoms with Crippen molar-refractivity contribution in [2.75, 3.05) is 11.9 Å². The molecule has 0 aliphatic rings. The van der Waals surface area contributed by atoms with E-state index in [2.05, 4.69) is 41.4 Å². The van der Waals surface area contributed by atoms with Gasteiger partial charge in [-0.15, -0.1) is 0 Å². The summed E-state index contributed by atoms with van der Waals surface area (Å²) in [5.74, 6) is 1.65. The lowest BCUT2D eigenvalue weighted by Gasteiger charge is -2.04. The molecule has 0 amide bonds. The molecule has 2 N–H and O–H groups in total. The Balaban J connectivity index is 1.94. The number of hydrogen-bond donors (Lipinski definition) is 2. The van der Waals surface area contributed by atoms with Crippen molar-refractivity contribution in [1.29, 1.82) is 0 Å². The molecular weight excluding hydrogens is 290 g/mol. The van der Waals surface area contributed by atoms with Gasteiger partial charge in [0.1, 0.15) is 10.3 Å². The van der Waals surface area contributed by atoms with Crippen LogP contribution >= 0.6 is 15.9 Å². The minimum atomic E-state index is -0.224. The summed E-state index contributed by atoms with van der Waals surface area (Å²) in [6, 6.07) is 0. The first-order chi connectivity index (χ1) is 8.16. The Morgan fingerprint density at radius 2 is 2.41 bits per heavy atom. The number of H-pyrrole nitrogens is 1. The van der Waals surface area contributed by atoms with Crippen molar-refractivity contribution < 1.29 is 4.52 Å². The van der Waals surface area contributed by atoms with Gasteiger partial charge >= 0.3 is 0 Å². The molecule has 0 aliphatic heterocycles. The third kappa shape index (κ3) is 2.90. The van der Waals surface area contributed by atoms with Crippen LogP contribution in [-0.4, -0.2) is 26.7 Å². The lowest BCUT2D eigenvalue weighted by Crippen LogP contribution is -2.14. The lowest BCUT2D eigenvalue weighted by molar-refractivity contribution is 0.387. The van der Waals surface area contributed by atoms with Crippen molar-refractivity contribution in [1.82, 2.24) is 20.1 Å². The smallest absolute Gasteiger partial charge is 0.267 e. The second-order valence-corrected chi connectivity index (χ2v) is 4.09. The summed E-state index contributed by atoms with van der Waals surface area (Å²) in [6.45, 7) is 2.30. The Bertz CT molecular complexity index is 565. The van der Waals surface area contributed by atoms with E-state index in [9.17, 15) is 4.79 Å². The van der Waals surface area contributed by atoms with Gasteiger partial charge < -0.3 is 14.8 Å². The van der Waals surface area contributed by atoms with Crippen LogP contribution in [0.1, 0.15) is 11.7 Å². The van der Waals surface area contributed by atoms with Gasteiger partial charge in [-0.2, -0.15) is 4.98 Å². The Labute approximate surface area is 105 Å². The Morgan fingerprint density at radius 1 is 1.59 bits per heavy atom. The molecule has 0 saturated carbocycles. The predicted octanol–water partition coefficient (Wildman–Crippen LogP) is 0.878. The van der Waals surface area contributed by atoms with E-state index < -0.39 is 0 Å². The zero-order valence-electron chi connectivity index (χ0n) is 9.03. The molecule has 0 bridgehead atoms. The van der Waals surface area contributed by atoms with Gasteiger partial charge in [0.25, 0.3) is 5.56 Å². The molecule has 0 unspecified atom stereocenters. The molecule has 2 aromatic heterocycles. The van der Waals surface area contributed by atoms with E-state index in [1.807, 2.05) is 0 Å². The fourth-order valence-electron chi connectivity index (χ4n) is 1.24. The van der Waals surface area contributed by atoms with Crippen LogP contribution in [0.2, 0.25) is 0 Å². The highest BCUT2D eigenvalue weighted by Crippen LogP contribution is 2.12. The number of rotatable bonds is 4. The monoisotopic (exact) mass is 299 g/mol. The molecule has 0 atom stereocenters. The molecule has 8 heteroatoms. The van der Waals surface area contributed by atoms with Gasteiger partial charge in [-0.3, -0.25) is 4.79 Å². The largest absolute Gasteiger partial charge is 0.368 e. The van der Waals surface area contributed by atoms with Gasteiger partial charge in [-0.25, -0.2) is 4.98 Å². The van der Waals surface area contributed by atoms with Crippen LogP contribution in [0.5, 0.6) is 0 Å². The Hall–Kier alpha value is -1.70. The molecule has 2 heterocycles. The first-order valence-electron chi connectivity index (χ1n) is 4.93. The molecule has 17 heavy (non-hydrogen) atoms. The number of nitrogens with zero attached hydrogens (tertiary/aromatic N) is 3. The normalized spacial score (nSPS) is 10.5. The first kappa shape index (κ1) is 11.8. The number of hydrogen-bond acceptors (Lipinski definition) is 6. The topological polar surface area (TPSA) is 96.7 Å². The van der Waals surface area contributed by atoms with E-state index in [0.29, 0.717) is 35.0 Å². The van der Waals surface area contributed by atoms with Crippen molar-refractivity contribution in [3.63, 3.8) is 0 Å². The van der Waals surface area contributed by atoms with Crippen LogP contribution in [0, 0.1) is 6.92 Å². The average molecular weight is 300 g/mol.